The number of benzene rings is 4. The number of amides is 1. The Bertz CT molecular complexity index is 3010. The molecule has 1 amide bonds. The van der Waals surface area contributed by atoms with Gasteiger partial charge in [-0.15, -0.1) is 21.5 Å². The third-order valence-electron chi connectivity index (χ3n) is 10.5. The molecule has 1 aliphatic rings. The van der Waals surface area contributed by atoms with Crippen LogP contribution in [0, 0.1) is 0 Å². The first-order valence-electron chi connectivity index (χ1n) is 22.1. The molecule has 1 aliphatic heterocycles. The largest absolute Gasteiger partial charge is 0.462 e. The van der Waals surface area contributed by atoms with Gasteiger partial charge in [-0.2, -0.15) is 15.2 Å². The van der Waals surface area contributed by atoms with Crippen molar-refractivity contribution in [3.63, 3.8) is 0 Å². The van der Waals surface area contributed by atoms with Crippen molar-refractivity contribution in [3.8, 4) is 39.3 Å². The minimum absolute atomic E-state index is 0.0872. The van der Waals surface area contributed by atoms with Crippen molar-refractivity contribution in [3.05, 3.63) is 137 Å². The van der Waals surface area contributed by atoms with Crippen LogP contribution in [0.4, 0.5) is 0 Å². The quantitative estimate of drug-likeness (QED) is 0.0390. The summed E-state index contributed by atoms with van der Waals surface area (Å²) in [6.07, 6.45) is -5.26. The molecular weight excluding hydrogens is 935 g/mol. The molecule has 0 fully saturated rings. The standard InChI is InChI=1S/C51H49N7O12S/c1-31(59)58-50(49(69-36(6)64)48(68-35(5)63)47(67-34(4)62)44(66-33(3)61)29-65-32(2)60)70-45(54-58)28-56-43(39-18-12-8-13-19-39)30-71-51(56)53-52-26-41-27-57(42-20-14-9-15-21-42)55-46(41)40-24-22-38(23-25-40)37-16-10-7-11-17-37/h7-27,30,44,47-50H,28-29H2,1-6H3/b52-26+,53-51+/t44-,47-,48+,49+,50?/m1/s1. The fourth-order valence-corrected chi connectivity index (χ4v) is 8.47. The predicted octanol–water partition coefficient (Wildman–Crippen LogP) is 6.48. The summed E-state index contributed by atoms with van der Waals surface area (Å²) in [5, 5.41) is 21.4. The summed E-state index contributed by atoms with van der Waals surface area (Å²) in [5.74, 6) is -5.29. The maximum absolute atomic E-state index is 13.4. The molecule has 0 spiro atoms. The molecule has 2 aromatic heterocycles. The van der Waals surface area contributed by atoms with Gasteiger partial charge < -0.3 is 33.0 Å². The summed E-state index contributed by atoms with van der Waals surface area (Å²) >= 11 is 1.27. The number of nitrogens with zero attached hydrogens (tertiary/aromatic N) is 7. The number of carbonyl (C=O) groups is 6. The van der Waals surface area contributed by atoms with Crippen LogP contribution in [0.2, 0.25) is 0 Å². The molecule has 7 rings (SSSR count). The number of esters is 5. The lowest BCUT2D eigenvalue weighted by molar-refractivity contribution is -0.216. The molecule has 20 heteroatoms. The molecule has 1 unspecified atom stereocenters. The SMILES string of the molecule is CC(=O)OC[C@@H](OC(C)=O)[C@@H](OC(C)=O)[C@H](OC(C)=O)[C@H](OC(C)=O)C1OC(Cn2c(-c3ccccc3)cs/c2=N/N=C/c2cn(-c3ccccc3)nc2-c2ccc(-c3ccccc3)cc2)=NN1C(C)=O. The molecule has 0 bridgehead atoms. The van der Waals surface area contributed by atoms with Crippen LogP contribution in [0.3, 0.4) is 0 Å². The average Bonchev–Trinajstić information content (AvgIpc) is 4.09. The molecule has 0 saturated carbocycles. The lowest BCUT2D eigenvalue weighted by Gasteiger charge is -2.37. The van der Waals surface area contributed by atoms with Crippen LogP contribution in [0.15, 0.2) is 142 Å². The van der Waals surface area contributed by atoms with Crippen molar-refractivity contribution in [2.24, 2.45) is 15.3 Å². The summed E-state index contributed by atoms with van der Waals surface area (Å²) < 4.78 is 37.3. The van der Waals surface area contributed by atoms with Gasteiger partial charge in [-0.3, -0.25) is 28.8 Å². The second-order valence-corrected chi connectivity index (χ2v) is 16.7. The Morgan fingerprint density at radius 2 is 1.24 bits per heavy atom. The highest BCUT2D eigenvalue weighted by Gasteiger charge is 2.52. The van der Waals surface area contributed by atoms with Gasteiger partial charge in [0, 0.05) is 64.2 Å². The molecule has 366 valence electrons. The van der Waals surface area contributed by atoms with E-state index >= 15 is 0 Å². The highest BCUT2D eigenvalue weighted by atomic mass is 32.1. The summed E-state index contributed by atoms with van der Waals surface area (Å²) in [6.45, 7) is 5.58. The van der Waals surface area contributed by atoms with Crippen LogP contribution >= 0.6 is 11.3 Å². The monoisotopic (exact) mass is 983 g/mol. The first-order valence-corrected chi connectivity index (χ1v) is 23.0. The number of aromatic nitrogens is 3. The van der Waals surface area contributed by atoms with E-state index in [1.54, 1.807) is 15.5 Å². The molecule has 19 nitrogen and oxygen atoms in total. The average molecular weight is 984 g/mol. The van der Waals surface area contributed by atoms with Gasteiger partial charge >= 0.3 is 29.8 Å². The molecule has 0 radical (unpaired) electrons. The van der Waals surface area contributed by atoms with Gasteiger partial charge in [0.05, 0.1) is 17.6 Å². The van der Waals surface area contributed by atoms with Crippen molar-refractivity contribution >= 4 is 59.2 Å². The molecule has 5 atom stereocenters. The topological polar surface area (TPSA) is 221 Å². The fraction of sp³-hybridized carbons (Fsp3) is 0.255. The molecule has 3 heterocycles. The maximum atomic E-state index is 13.4. The van der Waals surface area contributed by atoms with Crippen molar-refractivity contribution in [1.82, 2.24) is 19.4 Å². The zero-order chi connectivity index (χ0) is 50.6. The van der Waals surface area contributed by atoms with E-state index in [1.807, 2.05) is 127 Å². The zero-order valence-electron chi connectivity index (χ0n) is 39.4. The predicted molar refractivity (Wildman–Crippen MR) is 259 cm³/mol. The maximum Gasteiger partial charge on any atom is 0.303 e. The molecule has 0 N–H and O–H groups in total. The van der Waals surface area contributed by atoms with Crippen molar-refractivity contribution in [2.75, 3.05) is 6.61 Å². The van der Waals surface area contributed by atoms with Crippen LogP contribution in [-0.2, 0) is 63.7 Å². The van der Waals surface area contributed by atoms with Gasteiger partial charge in [0.1, 0.15) is 18.8 Å². The summed E-state index contributed by atoms with van der Waals surface area (Å²) in [5.41, 5.74) is 6.63. The number of hydrogen-bond donors (Lipinski definition) is 0. The number of carbonyl (C=O) groups excluding carboxylic acids is 6. The summed E-state index contributed by atoms with van der Waals surface area (Å²) in [6, 6.07) is 37.2. The second-order valence-electron chi connectivity index (χ2n) is 15.9. The van der Waals surface area contributed by atoms with Crippen molar-refractivity contribution < 1.29 is 57.2 Å². The van der Waals surface area contributed by atoms with Gasteiger partial charge in [0.15, 0.2) is 24.4 Å². The molecule has 0 aliphatic carbocycles. The van der Waals surface area contributed by atoms with Crippen LogP contribution in [0.1, 0.15) is 47.1 Å². The van der Waals surface area contributed by atoms with Crippen LogP contribution in [-0.4, -0.2) is 104 Å². The van der Waals surface area contributed by atoms with Crippen LogP contribution in [0.5, 0.6) is 0 Å². The molecule has 4 aromatic carbocycles. The van der Waals surface area contributed by atoms with E-state index in [9.17, 15) is 28.8 Å². The van der Waals surface area contributed by atoms with Crippen molar-refractivity contribution in [1.29, 1.82) is 0 Å². The lowest BCUT2D eigenvalue weighted by atomic mass is 10.00. The van der Waals surface area contributed by atoms with Crippen LogP contribution in [0.25, 0.3) is 39.3 Å². The first kappa shape index (κ1) is 50.4. The number of ether oxygens (including phenoxy) is 6. The van der Waals surface area contributed by atoms with Crippen molar-refractivity contribution in [2.45, 2.75) is 78.7 Å². The third-order valence-corrected chi connectivity index (χ3v) is 11.4. The molecular formula is C51H49N7O12S. The number of para-hydroxylation sites is 1. The van der Waals surface area contributed by atoms with Gasteiger partial charge in [0.2, 0.25) is 22.8 Å². The van der Waals surface area contributed by atoms with Gasteiger partial charge in [-0.05, 0) is 28.8 Å². The Hall–Kier alpha value is -8.52. The Balaban J connectivity index is 1.26. The Morgan fingerprint density at radius 1 is 0.676 bits per heavy atom. The number of rotatable bonds is 18. The smallest absolute Gasteiger partial charge is 0.303 e. The van der Waals surface area contributed by atoms with E-state index < -0.39 is 73.0 Å². The number of hydrogen-bond acceptors (Lipinski definition) is 17. The van der Waals surface area contributed by atoms with E-state index in [0.717, 1.165) is 67.6 Å². The lowest BCUT2D eigenvalue weighted by Crippen LogP contribution is -2.59. The minimum Gasteiger partial charge on any atom is -0.462 e. The zero-order valence-corrected chi connectivity index (χ0v) is 40.3. The van der Waals surface area contributed by atoms with E-state index in [-0.39, 0.29) is 12.4 Å². The third kappa shape index (κ3) is 13.0. The van der Waals surface area contributed by atoms with E-state index in [1.165, 1.54) is 18.3 Å². The number of thiazole rings is 1. The first-order chi connectivity index (χ1) is 34.1. The van der Waals surface area contributed by atoms with Crippen LogP contribution < -0.4 is 4.80 Å². The second kappa shape index (κ2) is 23.2. The normalized spacial score (nSPS) is 15.2. The highest BCUT2D eigenvalue weighted by molar-refractivity contribution is 7.07. The summed E-state index contributed by atoms with van der Waals surface area (Å²) in [4.78, 5) is 76.3. The molecule has 6 aromatic rings. The Labute approximate surface area is 411 Å². The van der Waals surface area contributed by atoms with Gasteiger partial charge in [0.25, 0.3) is 0 Å². The van der Waals surface area contributed by atoms with E-state index in [4.69, 9.17) is 33.5 Å². The Kier molecular flexibility index (Phi) is 16.4. The fourth-order valence-electron chi connectivity index (χ4n) is 7.61. The highest BCUT2D eigenvalue weighted by Crippen LogP contribution is 2.30. The van der Waals surface area contributed by atoms with E-state index in [2.05, 4.69) is 15.3 Å². The van der Waals surface area contributed by atoms with Gasteiger partial charge in [-0.25, -0.2) is 4.68 Å². The minimum atomic E-state index is -1.85. The van der Waals surface area contributed by atoms with E-state index in [0.29, 0.717) is 21.8 Å². The molecule has 0 saturated heterocycles. The number of hydrazone groups is 1. The molecule has 71 heavy (non-hydrogen) atoms. The Morgan fingerprint density at radius 3 is 1.83 bits per heavy atom. The van der Waals surface area contributed by atoms with Gasteiger partial charge in [-0.1, -0.05) is 103 Å². The summed E-state index contributed by atoms with van der Waals surface area (Å²) in [7, 11) is 0.